The number of nitrogens with one attached hydrogen (secondary N) is 1. The molecule has 0 spiro atoms. The first-order valence-corrected chi connectivity index (χ1v) is 11.4. The Labute approximate surface area is 196 Å². The van der Waals surface area contributed by atoms with Crippen LogP contribution < -0.4 is 10.2 Å². The van der Waals surface area contributed by atoms with Crippen molar-refractivity contribution in [1.82, 2.24) is 4.90 Å². The van der Waals surface area contributed by atoms with Crippen molar-refractivity contribution in [3.63, 3.8) is 0 Å². The molecular weight excluding hydrogens is 414 g/mol. The Morgan fingerprint density at radius 3 is 2.36 bits per heavy atom. The molecule has 0 saturated heterocycles. The number of benzene rings is 2. The number of hydrogen-bond acceptors (Lipinski definition) is 4. The van der Waals surface area contributed by atoms with E-state index in [0.29, 0.717) is 18.8 Å². The van der Waals surface area contributed by atoms with Crippen LogP contribution in [-0.2, 0) is 11.3 Å². The smallest absolute Gasteiger partial charge is 0.291 e. The largest absolute Gasteiger partial charge is 0.459 e. The van der Waals surface area contributed by atoms with Gasteiger partial charge in [-0.2, -0.15) is 0 Å². The first-order chi connectivity index (χ1) is 15.9. The van der Waals surface area contributed by atoms with Crippen molar-refractivity contribution in [2.45, 2.75) is 39.2 Å². The molecule has 0 aliphatic rings. The van der Waals surface area contributed by atoms with Gasteiger partial charge in [-0.05, 0) is 54.3 Å². The second-order valence-electron chi connectivity index (χ2n) is 8.30. The third-order valence-electron chi connectivity index (χ3n) is 5.64. The highest BCUT2D eigenvalue weighted by Crippen LogP contribution is 2.28. The van der Waals surface area contributed by atoms with E-state index in [0.717, 1.165) is 29.7 Å². The second kappa shape index (κ2) is 11.4. The molecule has 0 aliphatic carbocycles. The zero-order valence-electron chi connectivity index (χ0n) is 19.9. The summed E-state index contributed by atoms with van der Waals surface area (Å²) in [5, 5.41) is 2.89. The van der Waals surface area contributed by atoms with Crippen molar-refractivity contribution in [3.8, 4) is 0 Å². The van der Waals surface area contributed by atoms with E-state index < -0.39 is 0 Å². The maximum absolute atomic E-state index is 13.6. The molecule has 2 aromatic carbocycles. The predicted molar refractivity (Wildman–Crippen MR) is 133 cm³/mol. The van der Waals surface area contributed by atoms with Gasteiger partial charge in [0, 0.05) is 38.6 Å². The summed E-state index contributed by atoms with van der Waals surface area (Å²) in [6.45, 7) is 5.26. The Bertz CT molecular complexity index is 1050. The number of furan rings is 1. The van der Waals surface area contributed by atoms with E-state index in [1.54, 1.807) is 12.1 Å². The van der Waals surface area contributed by atoms with Crippen LogP contribution in [0, 0.1) is 0 Å². The van der Waals surface area contributed by atoms with Crippen LogP contribution in [0.3, 0.4) is 0 Å². The van der Waals surface area contributed by atoms with Gasteiger partial charge in [0.05, 0.1) is 12.2 Å². The zero-order valence-corrected chi connectivity index (χ0v) is 19.9. The molecule has 0 saturated carbocycles. The number of nitrogens with zero attached hydrogens (tertiary/aromatic N) is 2. The van der Waals surface area contributed by atoms with Crippen LogP contribution in [0.2, 0.25) is 0 Å². The van der Waals surface area contributed by atoms with Crippen molar-refractivity contribution in [2.24, 2.45) is 0 Å². The third kappa shape index (κ3) is 6.04. The monoisotopic (exact) mass is 447 g/mol. The minimum Gasteiger partial charge on any atom is -0.459 e. The maximum atomic E-state index is 13.6. The summed E-state index contributed by atoms with van der Waals surface area (Å²) in [7, 11) is 3.95. The van der Waals surface area contributed by atoms with Gasteiger partial charge in [0.15, 0.2) is 5.76 Å². The molecule has 2 amide bonds. The van der Waals surface area contributed by atoms with Gasteiger partial charge in [-0.25, -0.2) is 0 Å². The van der Waals surface area contributed by atoms with Crippen molar-refractivity contribution in [3.05, 3.63) is 83.8 Å². The number of anilines is 2. The molecular formula is C27H33N3O3. The normalized spacial score (nSPS) is 11.6. The van der Waals surface area contributed by atoms with Crippen molar-refractivity contribution >= 4 is 23.2 Å². The molecule has 3 rings (SSSR count). The van der Waals surface area contributed by atoms with E-state index in [4.69, 9.17) is 4.42 Å². The molecule has 6 heteroatoms. The lowest BCUT2D eigenvalue weighted by Crippen LogP contribution is -2.35. The van der Waals surface area contributed by atoms with Crippen molar-refractivity contribution in [1.29, 1.82) is 0 Å². The molecule has 6 nitrogen and oxygen atoms in total. The average molecular weight is 448 g/mol. The highest BCUT2D eigenvalue weighted by atomic mass is 16.3. The molecule has 0 unspecified atom stereocenters. The van der Waals surface area contributed by atoms with Crippen LogP contribution in [-0.4, -0.2) is 37.4 Å². The summed E-state index contributed by atoms with van der Waals surface area (Å²) in [6, 6.07) is 19.0. The summed E-state index contributed by atoms with van der Waals surface area (Å²) in [5.74, 6) is -0.104. The van der Waals surface area contributed by atoms with Crippen LogP contribution in [0.25, 0.3) is 0 Å². The van der Waals surface area contributed by atoms with Gasteiger partial charge in [-0.15, -0.1) is 0 Å². The van der Waals surface area contributed by atoms with Crippen molar-refractivity contribution < 1.29 is 14.0 Å². The highest BCUT2D eigenvalue weighted by Gasteiger charge is 2.25. The minimum atomic E-state index is -0.305. The molecule has 174 valence electrons. The van der Waals surface area contributed by atoms with E-state index >= 15 is 0 Å². The van der Waals surface area contributed by atoms with E-state index in [2.05, 4.69) is 19.2 Å². The molecule has 3 aromatic rings. The van der Waals surface area contributed by atoms with E-state index in [1.165, 1.54) is 6.26 Å². The molecule has 0 radical (unpaired) electrons. The molecule has 1 N–H and O–H groups in total. The fourth-order valence-electron chi connectivity index (χ4n) is 4.03. The maximum Gasteiger partial charge on any atom is 0.291 e. The summed E-state index contributed by atoms with van der Waals surface area (Å²) < 4.78 is 5.20. The quantitative estimate of drug-likeness (QED) is 0.444. The van der Waals surface area contributed by atoms with Crippen LogP contribution in [0.5, 0.6) is 0 Å². The van der Waals surface area contributed by atoms with Crippen molar-refractivity contribution in [2.75, 3.05) is 30.9 Å². The molecule has 0 bridgehead atoms. The summed E-state index contributed by atoms with van der Waals surface area (Å²) >= 11 is 0. The Kier molecular flexibility index (Phi) is 8.30. The first-order valence-electron chi connectivity index (χ1n) is 11.4. The average Bonchev–Trinajstić information content (AvgIpc) is 3.35. The Balaban J connectivity index is 1.88. The van der Waals surface area contributed by atoms with Gasteiger partial charge in [0.1, 0.15) is 0 Å². The number of hydrogen-bond donors (Lipinski definition) is 1. The first kappa shape index (κ1) is 24.1. The zero-order chi connectivity index (χ0) is 23.8. The van der Waals surface area contributed by atoms with Gasteiger partial charge in [-0.1, -0.05) is 44.2 Å². The Hall–Kier alpha value is -3.54. The number of rotatable bonds is 10. The third-order valence-corrected chi connectivity index (χ3v) is 5.64. The topological polar surface area (TPSA) is 65.8 Å². The second-order valence-corrected chi connectivity index (χ2v) is 8.30. The van der Waals surface area contributed by atoms with Gasteiger partial charge in [0.2, 0.25) is 5.91 Å². The van der Waals surface area contributed by atoms with Gasteiger partial charge < -0.3 is 19.5 Å². The highest BCUT2D eigenvalue weighted by molar-refractivity contribution is 6.02. The number of carbonyl (C=O) groups is 2. The van der Waals surface area contributed by atoms with E-state index in [9.17, 15) is 9.59 Å². The SMILES string of the molecule is CCCN(Cc1cc(NC(=O)c2ccco2)ccc1N(C)C)C(=O)[C@@H](CC)c1ccccc1. The van der Waals surface area contributed by atoms with E-state index in [1.807, 2.05) is 72.4 Å². The van der Waals surface area contributed by atoms with Gasteiger partial charge in [0.25, 0.3) is 5.91 Å². The summed E-state index contributed by atoms with van der Waals surface area (Å²) in [6.07, 6.45) is 3.08. The molecule has 1 heterocycles. The molecule has 1 aromatic heterocycles. The Morgan fingerprint density at radius 2 is 1.76 bits per heavy atom. The summed E-state index contributed by atoms with van der Waals surface area (Å²) in [4.78, 5) is 30.0. The molecule has 0 fully saturated rings. The predicted octanol–water partition coefficient (Wildman–Crippen LogP) is 5.53. The lowest BCUT2D eigenvalue weighted by molar-refractivity contribution is -0.133. The molecule has 33 heavy (non-hydrogen) atoms. The van der Waals surface area contributed by atoms with Crippen LogP contribution in [0.4, 0.5) is 11.4 Å². The molecule has 0 aliphatic heterocycles. The fourth-order valence-corrected chi connectivity index (χ4v) is 4.03. The van der Waals surface area contributed by atoms with Gasteiger partial charge >= 0.3 is 0 Å². The fraction of sp³-hybridized carbons (Fsp3) is 0.333. The van der Waals surface area contributed by atoms with E-state index in [-0.39, 0.29) is 23.5 Å². The van der Waals surface area contributed by atoms with Crippen LogP contribution >= 0.6 is 0 Å². The Morgan fingerprint density at radius 1 is 1.00 bits per heavy atom. The molecule has 1 atom stereocenters. The van der Waals surface area contributed by atoms with Crippen LogP contribution in [0.1, 0.15) is 54.3 Å². The summed E-state index contributed by atoms with van der Waals surface area (Å²) in [5.41, 5.74) is 3.68. The van der Waals surface area contributed by atoms with Crippen LogP contribution in [0.15, 0.2) is 71.3 Å². The number of amides is 2. The number of carbonyl (C=O) groups excluding carboxylic acids is 2. The lowest BCUT2D eigenvalue weighted by atomic mass is 9.94. The van der Waals surface area contributed by atoms with Gasteiger partial charge in [-0.3, -0.25) is 9.59 Å². The lowest BCUT2D eigenvalue weighted by Gasteiger charge is -2.29. The standard InChI is InChI=1S/C27H33N3O3/c1-5-16-30(27(32)23(6-2)20-11-8-7-9-12-20)19-21-18-22(14-15-24(21)29(3)4)28-26(31)25-13-10-17-33-25/h7-15,17-18,23H,5-6,16,19H2,1-4H3,(H,28,31)/t23-/m0/s1. The minimum absolute atomic E-state index is 0.125.